The number of amides is 2. The van der Waals surface area contributed by atoms with Crippen LogP contribution in [0.5, 0.6) is 0 Å². The van der Waals surface area contributed by atoms with E-state index < -0.39 is 0 Å². The highest BCUT2D eigenvalue weighted by atomic mass is 16.2. The second kappa shape index (κ2) is 7.15. The number of rotatable bonds is 7. The second-order valence-electron chi connectivity index (χ2n) is 7.46. The number of benzene rings is 1. The Labute approximate surface area is 151 Å². The first-order chi connectivity index (χ1) is 12.1. The van der Waals surface area contributed by atoms with Crippen LogP contribution in [-0.2, 0) is 15.0 Å². The number of imide groups is 1. The highest BCUT2D eigenvalue weighted by molar-refractivity contribution is 6.13. The standard InChI is InChI=1S/C22H29NO2/c1-4-9-18-21(23-19(24)12-13-20(23)25)16-10-7-8-11-17(16)22(18,14-5-2)15-6-3/h7-8,10-13,18,21H,4-6,9,14-15H2,1-3H3/t18-,21-/m1/s1. The largest absolute Gasteiger partial charge is 0.269 e. The fourth-order valence-electron chi connectivity index (χ4n) is 5.33. The molecule has 2 aliphatic rings. The molecule has 0 N–H and O–H groups in total. The SMILES string of the molecule is CCC[C@@H]1[C@H](N2C(=O)C=CC2=O)c2ccccc2C1(CCC)CCC. The molecule has 0 aromatic heterocycles. The summed E-state index contributed by atoms with van der Waals surface area (Å²) < 4.78 is 0. The van der Waals surface area contributed by atoms with Crippen molar-refractivity contribution in [3.05, 3.63) is 47.5 Å². The molecule has 2 amide bonds. The third-order valence-electron chi connectivity index (χ3n) is 6.02. The Balaban J connectivity index is 2.17. The van der Waals surface area contributed by atoms with Gasteiger partial charge in [0.2, 0.25) is 0 Å². The predicted octanol–water partition coefficient (Wildman–Crippen LogP) is 4.92. The Bertz CT molecular complexity index is 667. The maximum absolute atomic E-state index is 12.5. The first kappa shape index (κ1) is 17.9. The van der Waals surface area contributed by atoms with Gasteiger partial charge in [-0.25, -0.2) is 0 Å². The summed E-state index contributed by atoms with van der Waals surface area (Å²) in [6.45, 7) is 6.68. The van der Waals surface area contributed by atoms with Gasteiger partial charge in [0.15, 0.2) is 0 Å². The van der Waals surface area contributed by atoms with Crippen molar-refractivity contribution in [1.29, 1.82) is 0 Å². The molecule has 3 nitrogen and oxygen atoms in total. The molecule has 0 radical (unpaired) electrons. The molecule has 1 heterocycles. The van der Waals surface area contributed by atoms with E-state index in [9.17, 15) is 9.59 Å². The highest BCUT2D eigenvalue weighted by Gasteiger charge is 2.54. The molecule has 134 valence electrons. The lowest BCUT2D eigenvalue weighted by atomic mass is 9.66. The van der Waals surface area contributed by atoms with E-state index in [1.165, 1.54) is 28.2 Å². The minimum absolute atomic E-state index is 0.0733. The van der Waals surface area contributed by atoms with Crippen LogP contribution in [0.2, 0.25) is 0 Å². The van der Waals surface area contributed by atoms with E-state index in [0.29, 0.717) is 5.92 Å². The lowest BCUT2D eigenvalue weighted by molar-refractivity contribution is -0.141. The zero-order valence-corrected chi connectivity index (χ0v) is 15.6. The molecular weight excluding hydrogens is 310 g/mol. The van der Waals surface area contributed by atoms with Crippen molar-refractivity contribution in [2.75, 3.05) is 0 Å². The van der Waals surface area contributed by atoms with Crippen molar-refractivity contribution in [3.63, 3.8) is 0 Å². The van der Waals surface area contributed by atoms with Gasteiger partial charge in [-0.05, 0) is 36.3 Å². The summed E-state index contributed by atoms with van der Waals surface area (Å²) >= 11 is 0. The lowest BCUT2D eigenvalue weighted by Gasteiger charge is -2.40. The van der Waals surface area contributed by atoms with Crippen molar-refractivity contribution in [2.45, 2.75) is 70.8 Å². The number of hydrogen-bond donors (Lipinski definition) is 0. The topological polar surface area (TPSA) is 37.4 Å². The predicted molar refractivity (Wildman–Crippen MR) is 100 cm³/mol. The number of carbonyl (C=O) groups excluding carboxylic acids is 2. The van der Waals surface area contributed by atoms with E-state index in [1.54, 1.807) is 0 Å². The number of fused-ring (bicyclic) bond motifs is 1. The molecule has 0 spiro atoms. The van der Waals surface area contributed by atoms with Crippen LogP contribution in [0.3, 0.4) is 0 Å². The van der Waals surface area contributed by atoms with Crippen LogP contribution in [0.15, 0.2) is 36.4 Å². The third kappa shape index (κ3) is 2.74. The van der Waals surface area contributed by atoms with Crippen LogP contribution in [-0.4, -0.2) is 16.7 Å². The Morgan fingerprint density at radius 3 is 2.08 bits per heavy atom. The molecule has 1 aliphatic carbocycles. The van der Waals surface area contributed by atoms with Crippen LogP contribution in [0.1, 0.15) is 76.5 Å². The molecule has 25 heavy (non-hydrogen) atoms. The van der Waals surface area contributed by atoms with Crippen LogP contribution in [0.4, 0.5) is 0 Å². The molecule has 0 fully saturated rings. The second-order valence-corrected chi connectivity index (χ2v) is 7.46. The van der Waals surface area contributed by atoms with E-state index in [1.807, 2.05) is 6.07 Å². The first-order valence-electron chi connectivity index (χ1n) is 9.75. The number of nitrogens with zero attached hydrogens (tertiary/aromatic N) is 1. The Morgan fingerprint density at radius 1 is 0.920 bits per heavy atom. The molecule has 0 unspecified atom stereocenters. The summed E-state index contributed by atoms with van der Waals surface area (Å²) in [5, 5.41) is 0. The van der Waals surface area contributed by atoms with Crippen LogP contribution in [0, 0.1) is 5.92 Å². The summed E-state index contributed by atoms with van der Waals surface area (Å²) in [5.41, 5.74) is 2.63. The molecule has 0 saturated heterocycles. The molecule has 3 rings (SSSR count). The van der Waals surface area contributed by atoms with E-state index in [-0.39, 0.29) is 23.3 Å². The smallest absolute Gasteiger partial charge is 0.254 e. The Kier molecular flexibility index (Phi) is 5.12. The average molecular weight is 339 g/mol. The fourth-order valence-corrected chi connectivity index (χ4v) is 5.33. The monoisotopic (exact) mass is 339 g/mol. The van der Waals surface area contributed by atoms with E-state index >= 15 is 0 Å². The van der Waals surface area contributed by atoms with Crippen LogP contribution < -0.4 is 0 Å². The molecule has 0 bridgehead atoms. The number of hydrogen-bond acceptors (Lipinski definition) is 2. The number of carbonyl (C=O) groups is 2. The summed E-state index contributed by atoms with van der Waals surface area (Å²) in [7, 11) is 0. The van der Waals surface area contributed by atoms with E-state index in [4.69, 9.17) is 0 Å². The normalized spacial score (nSPS) is 24.2. The Morgan fingerprint density at radius 2 is 1.52 bits per heavy atom. The van der Waals surface area contributed by atoms with Gasteiger partial charge in [-0.1, -0.05) is 64.3 Å². The molecular formula is C22H29NO2. The van der Waals surface area contributed by atoms with Crippen molar-refractivity contribution in [1.82, 2.24) is 4.90 Å². The van der Waals surface area contributed by atoms with Crippen molar-refractivity contribution in [2.24, 2.45) is 5.92 Å². The molecule has 0 saturated carbocycles. The zero-order valence-electron chi connectivity index (χ0n) is 15.6. The maximum atomic E-state index is 12.5. The molecule has 1 aromatic carbocycles. The third-order valence-corrected chi connectivity index (χ3v) is 6.02. The van der Waals surface area contributed by atoms with Gasteiger partial charge in [0.25, 0.3) is 11.8 Å². The van der Waals surface area contributed by atoms with Crippen molar-refractivity contribution in [3.8, 4) is 0 Å². The molecule has 1 aliphatic heterocycles. The van der Waals surface area contributed by atoms with Gasteiger partial charge in [0.05, 0.1) is 6.04 Å². The molecule has 3 heteroatoms. The molecule has 1 aromatic rings. The van der Waals surface area contributed by atoms with E-state index in [2.05, 4.69) is 39.0 Å². The van der Waals surface area contributed by atoms with Crippen LogP contribution >= 0.6 is 0 Å². The zero-order chi connectivity index (χ0) is 18.0. The van der Waals surface area contributed by atoms with Gasteiger partial charge in [0.1, 0.15) is 0 Å². The Hall–Kier alpha value is -1.90. The van der Waals surface area contributed by atoms with Gasteiger partial charge in [-0.2, -0.15) is 0 Å². The van der Waals surface area contributed by atoms with Crippen molar-refractivity contribution < 1.29 is 9.59 Å². The molecule has 2 atom stereocenters. The van der Waals surface area contributed by atoms with Gasteiger partial charge in [-0.3, -0.25) is 14.5 Å². The summed E-state index contributed by atoms with van der Waals surface area (Å²) in [4.78, 5) is 26.5. The van der Waals surface area contributed by atoms with E-state index in [0.717, 1.165) is 38.5 Å². The van der Waals surface area contributed by atoms with Gasteiger partial charge >= 0.3 is 0 Å². The van der Waals surface area contributed by atoms with Crippen LogP contribution in [0.25, 0.3) is 0 Å². The maximum Gasteiger partial charge on any atom is 0.254 e. The quantitative estimate of drug-likeness (QED) is 0.661. The summed E-state index contributed by atoms with van der Waals surface area (Å²) in [6, 6.07) is 8.40. The van der Waals surface area contributed by atoms with Gasteiger partial charge in [-0.15, -0.1) is 0 Å². The summed E-state index contributed by atoms with van der Waals surface area (Å²) in [6.07, 6.45) is 9.40. The summed E-state index contributed by atoms with van der Waals surface area (Å²) in [5.74, 6) is -0.00740. The first-order valence-corrected chi connectivity index (χ1v) is 9.75. The van der Waals surface area contributed by atoms with Crippen molar-refractivity contribution >= 4 is 11.8 Å². The minimum atomic E-state index is -0.158. The van der Waals surface area contributed by atoms with Gasteiger partial charge < -0.3 is 0 Å². The fraction of sp³-hybridized carbons (Fsp3) is 0.545. The highest BCUT2D eigenvalue weighted by Crippen LogP contribution is 2.58. The average Bonchev–Trinajstić information content (AvgIpc) is 3.05. The minimum Gasteiger partial charge on any atom is -0.269 e. The van der Waals surface area contributed by atoms with Gasteiger partial charge in [0, 0.05) is 17.6 Å². The lowest BCUT2D eigenvalue weighted by Crippen LogP contribution is -2.41.